The summed E-state index contributed by atoms with van der Waals surface area (Å²) in [5.41, 5.74) is 1.00. The summed E-state index contributed by atoms with van der Waals surface area (Å²) in [7, 11) is 0. The highest BCUT2D eigenvalue weighted by atomic mass is 35.5. The van der Waals surface area contributed by atoms with Crippen LogP contribution < -0.4 is 15.4 Å². The van der Waals surface area contributed by atoms with Gasteiger partial charge in [0.15, 0.2) is 5.11 Å². The zero-order chi connectivity index (χ0) is 18.4. The minimum atomic E-state index is -0.356. The van der Waals surface area contributed by atoms with E-state index in [0.717, 1.165) is 0 Å². The summed E-state index contributed by atoms with van der Waals surface area (Å²) >= 11 is 17.1. The summed E-state index contributed by atoms with van der Waals surface area (Å²) in [4.78, 5) is 12.5. The fourth-order valence-corrected chi connectivity index (χ4v) is 2.73. The Labute approximate surface area is 162 Å². The molecule has 0 unspecified atom stereocenters. The van der Waals surface area contributed by atoms with Crippen molar-refractivity contribution in [1.29, 1.82) is 0 Å². The second-order valence-electron chi connectivity index (χ2n) is 5.77. The predicted octanol–water partition coefficient (Wildman–Crippen LogP) is 5.16. The summed E-state index contributed by atoms with van der Waals surface area (Å²) in [6, 6.07) is 11.9. The molecular weight excluding hydrogens is 379 g/mol. The van der Waals surface area contributed by atoms with Gasteiger partial charge in [-0.3, -0.25) is 10.1 Å². The molecule has 0 saturated carbocycles. The van der Waals surface area contributed by atoms with Crippen molar-refractivity contribution in [2.24, 2.45) is 5.92 Å². The van der Waals surface area contributed by atoms with Gasteiger partial charge in [0, 0.05) is 15.7 Å². The summed E-state index contributed by atoms with van der Waals surface area (Å²) in [5.74, 6) is 0.513. The van der Waals surface area contributed by atoms with Crippen LogP contribution in [0.3, 0.4) is 0 Å². The first-order valence-electron chi connectivity index (χ1n) is 7.65. The molecule has 0 aromatic heterocycles. The van der Waals surface area contributed by atoms with Crippen molar-refractivity contribution in [3.63, 3.8) is 0 Å². The largest absolute Gasteiger partial charge is 0.492 e. The number of carbonyl (C=O) groups is 1. The Balaban J connectivity index is 2.05. The van der Waals surface area contributed by atoms with E-state index >= 15 is 0 Å². The van der Waals surface area contributed by atoms with E-state index in [0.29, 0.717) is 39.6 Å². The maximum Gasteiger partial charge on any atom is 0.261 e. The topological polar surface area (TPSA) is 50.4 Å². The van der Waals surface area contributed by atoms with Gasteiger partial charge in [0.2, 0.25) is 0 Å². The van der Waals surface area contributed by atoms with Gasteiger partial charge in [-0.1, -0.05) is 49.2 Å². The molecule has 1 amide bonds. The molecular formula is C18H18Cl2N2O2S. The number of benzene rings is 2. The number of carbonyl (C=O) groups excluding carboxylic acids is 1. The summed E-state index contributed by atoms with van der Waals surface area (Å²) in [6.07, 6.45) is 0. The van der Waals surface area contributed by atoms with Crippen LogP contribution in [0.5, 0.6) is 5.75 Å². The van der Waals surface area contributed by atoms with Gasteiger partial charge in [0.25, 0.3) is 5.91 Å². The maximum absolute atomic E-state index is 12.5. The highest BCUT2D eigenvalue weighted by molar-refractivity contribution is 7.80. The van der Waals surface area contributed by atoms with E-state index in [2.05, 4.69) is 10.6 Å². The van der Waals surface area contributed by atoms with Crippen molar-refractivity contribution >= 4 is 52.1 Å². The van der Waals surface area contributed by atoms with Crippen molar-refractivity contribution in [2.45, 2.75) is 13.8 Å². The van der Waals surface area contributed by atoms with Gasteiger partial charge in [0.05, 0.1) is 12.2 Å². The summed E-state index contributed by atoms with van der Waals surface area (Å²) in [5, 5.41) is 6.59. The van der Waals surface area contributed by atoms with Crippen molar-refractivity contribution in [3.05, 3.63) is 58.1 Å². The van der Waals surface area contributed by atoms with Gasteiger partial charge in [-0.05, 0) is 48.5 Å². The molecule has 0 spiro atoms. The first-order chi connectivity index (χ1) is 11.8. The van der Waals surface area contributed by atoms with Crippen LogP contribution in [0.25, 0.3) is 0 Å². The lowest BCUT2D eigenvalue weighted by Crippen LogP contribution is -2.34. The molecule has 0 saturated heterocycles. The Morgan fingerprint density at radius 2 is 1.80 bits per heavy atom. The maximum atomic E-state index is 12.5. The zero-order valence-corrected chi connectivity index (χ0v) is 16.1. The molecule has 0 fully saturated rings. The van der Waals surface area contributed by atoms with Crippen molar-refractivity contribution in [3.8, 4) is 5.75 Å². The molecule has 4 nitrogen and oxygen atoms in total. The average Bonchev–Trinajstić information content (AvgIpc) is 2.51. The molecule has 0 aliphatic rings. The predicted molar refractivity (Wildman–Crippen MR) is 107 cm³/mol. The Hall–Kier alpha value is -1.82. The second-order valence-corrected chi connectivity index (χ2v) is 7.05. The molecule has 0 heterocycles. The lowest BCUT2D eigenvalue weighted by Gasteiger charge is -2.14. The third-order valence-electron chi connectivity index (χ3n) is 3.05. The quantitative estimate of drug-likeness (QED) is 0.685. The third kappa shape index (κ3) is 6.20. The van der Waals surface area contributed by atoms with Gasteiger partial charge < -0.3 is 10.1 Å². The Bertz CT molecular complexity index is 761. The normalized spacial score (nSPS) is 10.4. The molecule has 0 bridgehead atoms. The lowest BCUT2D eigenvalue weighted by atomic mass is 10.2. The number of hydrogen-bond donors (Lipinski definition) is 2. The lowest BCUT2D eigenvalue weighted by molar-refractivity contribution is 0.0973. The van der Waals surface area contributed by atoms with Crippen LogP contribution in [0, 0.1) is 5.92 Å². The average molecular weight is 397 g/mol. The van der Waals surface area contributed by atoms with Crippen LogP contribution in [0.2, 0.25) is 10.0 Å². The number of halogens is 2. The fraction of sp³-hybridized carbons (Fsp3) is 0.222. The number of para-hydroxylation sites is 1. The van der Waals surface area contributed by atoms with Crippen molar-refractivity contribution in [2.75, 3.05) is 11.9 Å². The number of amides is 1. The highest BCUT2D eigenvalue weighted by Crippen LogP contribution is 2.22. The Morgan fingerprint density at radius 1 is 1.16 bits per heavy atom. The van der Waals surface area contributed by atoms with E-state index in [4.69, 9.17) is 40.2 Å². The van der Waals surface area contributed by atoms with E-state index in [1.165, 1.54) is 0 Å². The van der Waals surface area contributed by atoms with E-state index in [1.54, 1.807) is 36.4 Å². The minimum Gasteiger partial charge on any atom is -0.492 e. The van der Waals surface area contributed by atoms with Crippen LogP contribution in [0.1, 0.15) is 24.2 Å². The highest BCUT2D eigenvalue weighted by Gasteiger charge is 2.14. The summed E-state index contributed by atoms with van der Waals surface area (Å²) in [6.45, 7) is 4.60. The van der Waals surface area contributed by atoms with E-state index in [1.807, 2.05) is 19.9 Å². The molecule has 0 atom stereocenters. The summed E-state index contributed by atoms with van der Waals surface area (Å²) < 4.78 is 5.69. The monoisotopic (exact) mass is 396 g/mol. The first-order valence-corrected chi connectivity index (χ1v) is 8.82. The number of ether oxygens (including phenoxy) is 1. The zero-order valence-electron chi connectivity index (χ0n) is 13.8. The SMILES string of the molecule is CC(C)COc1ccccc1C(=O)NC(=S)Nc1cc(Cl)cc(Cl)c1. The number of hydrogen-bond acceptors (Lipinski definition) is 3. The molecule has 2 N–H and O–H groups in total. The van der Waals surface area contributed by atoms with Crippen molar-refractivity contribution < 1.29 is 9.53 Å². The van der Waals surface area contributed by atoms with Crippen molar-refractivity contribution in [1.82, 2.24) is 5.32 Å². The van der Waals surface area contributed by atoms with Gasteiger partial charge in [0.1, 0.15) is 5.75 Å². The van der Waals surface area contributed by atoms with E-state index in [9.17, 15) is 4.79 Å². The van der Waals surface area contributed by atoms with Gasteiger partial charge in [-0.2, -0.15) is 0 Å². The van der Waals surface area contributed by atoms with Crippen LogP contribution in [0.15, 0.2) is 42.5 Å². The van der Waals surface area contributed by atoms with Gasteiger partial charge >= 0.3 is 0 Å². The minimum absolute atomic E-state index is 0.141. The van der Waals surface area contributed by atoms with Crippen LogP contribution in [0.4, 0.5) is 5.69 Å². The number of anilines is 1. The van der Waals surface area contributed by atoms with E-state index in [-0.39, 0.29) is 11.0 Å². The standard InChI is InChI=1S/C18H18Cl2N2O2S/c1-11(2)10-24-16-6-4-3-5-15(16)17(23)22-18(25)21-14-8-12(19)7-13(20)9-14/h3-9,11H,10H2,1-2H3,(H2,21,22,23,25). The van der Waals surface area contributed by atoms with Gasteiger partial charge in [-0.15, -0.1) is 0 Å². The Morgan fingerprint density at radius 3 is 2.44 bits per heavy atom. The fourth-order valence-electron chi connectivity index (χ4n) is 2.00. The molecule has 2 aromatic carbocycles. The van der Waals surface area contributed by atoms with Crippen LogP contribution in [-0.4, -0.2) is 17.6 Å². The van der Waals surface area contributed by atoms with Crippen LogP contribution >= 0.6 is 35.4 Å². The van der Waals surface area contributed by atoms with E-state index < -0.39 is 0 Å². The molecule has 2 rings (SSSR count). The molecule has 0 radical (unpaired) electrons. The third-order valence-corrected chi connectivity index (χ3v) is 3.69. The first kappa shape index (κ1) is 19.5. The molecule has 0 aliphatic heterocycles. The molecule has 2 aromatic rings. The number of thiocarbonyl (C=S) groups is 1. The molecule has 25 heavy (non-hydrogen) atoms. The molecule has 132 valence electrons. The molecule has 7 heteroatoms. The van der Waals surface area contributed by atoms with Gasteiger partial charge in [-0.25, -0.2) is 0 Å². The second kappa shape index (κ2) is 9.04. The van der Waals surface area contributed by atoms with Crippen LogP contribution in [-0.2, 0) is 0 Å². The smallest absolute Gasteiger partial charge is 0.261 e. The Kier molecular flexibility index (Phi) is 7.05. The number of rotatable bonds is 5. The number of nitrogens with one attached hydrogen (secondary N) is 2. The molecule has 0 aliphatic carbocycles.